The number of amides is 3. The molecule has 8 nitrogen and oxygen atoms in total. The van der Waals surface area contributed by atoms with Crippen molar-refractivity contribution < 1.29 is 23.5 Å². The average molecular weight is 317 g/mol. The van der Waals surface area contributed by atoms with Crippen LogP contribution in [0.15, 0.2) is 47.1 Å². The molecule has 0 aliphatic heterocycles. The lowest BCUT2D eigenvalue weighted by molar-refractivity contribution is 0.0831. The fraction of sp³-hybridized carbons (Fsp3) is 0.133. The first-order valence-electron chi connectivity index (χ1n) is 6.78. The molecule has 1 aromatic heterocycles. The number of benzene rings is 1. The normalized spacial score (nSPS) is 9.78. The van der Waals surface area contributed by atoms with E-state index in [0.717, 1.165) is 0 Å². The zero-order chi connectivity index (χ0) is 16.7. The van der Waals surface area contributed by atoms with Crippen LogP contribution in [-0.2, 0) is 4.74 Å². The van der Waals surface area contributed by atoms with Gasteiger partial charge in [0.15, 0.2) is 5.76 Å². The van der Waals surface area contributed by atoms with Gasteiger partial charge in [0, 0.05) is 11.3 Å². The molecule has 2 rings (SSSR count). The minimum Gasteiger partial charge on any atom is -0.459 e. The summed E-state index contributed by atoms with van der Waals surface area (Å²) in [5.41, 5.74) is 5.12. The zero-order valence-corrected chi connectivity index (χ0v) is 12.3. The molecular formula is C15H15N3O5. The summed E-state index contributed by atoms with van der Waals surface area (Å²) in [7, 11) is 0. The van der Waals surface area contributed by atoms with Gasteiger partial charge >= 0.3 is 12.0 Å². The summed E-state index contributed by atoms with van der Waals surface area (Å²) in [6.07, 6.45) is 0.734. The third-order valence-corrected chi connectivity index (χ3v) is 2.68. The Hall–Kier alpha value is -3.29. The zero-order valence-electron chi connectivity index (χ0n) is 12.3. The summed E-state index contributed by atoms with van der Waals surface area (Å²) < 4.78 is 9.64. The van der Waals surface area contributed by atoms with E-state index in [1.54, 1.807) is 25.1 Å². The van der Waals surface area contributed by atoms with Gasteiger partial charge in [-0.25, -0.2) is 4.79 Å². The van der Waals surface area contributed by atoms with Gasteiger partial charge in [-0.05, 0) is 37.3 Å². The highest BCUT2D eigenvalue weighted by atomic mass is 16.5. The Bertz CT molecular complexity index is 697. The van der Waals surface area contributed by atoms with Crippen LogP contribution >= 0.6 is 0 Å². The SMILES string of the molecule is CCOC(=O)Nc1cccc(C(=O)NNC(=O)c2ccco2)c1. The molecule has 0 unspecified atom stereocenters. The van der Waals surface area contributed by atoms with E-state index < -0.39 is 17.9 Å². The summed E-state index contributed by atoms with van der Waals surface area (Å²) in [5.74, 6) is -1.05. The van der Waals surface area contributed by atoms with Gasteiger partial charge in [-0.15, -0.1) is 0 Å². The summed E-state index contributed by atoms with van der Waals surface area (Å²) >= 11 is 0. The van der Waals surface area contributed by atoms with Gasteiger partial charge in [0.1, 0.15) is 0 Å². The summed E-state index contributed by atoms with van der Waals surface area (Å²) in [4.78, 5) is 35.0. The van der Waals surface area contributed by atoms with Crippen molar-refractivity contribution in [3.8, 4) is 0 Å². The highest BCUT2D eigenvalue weighted by Gasteiger charge is 2.11. The van der Waals surface area contributed by atoms with Crippen LogP contribution in [0.25, 0.3) is 0 Å². The molecule has 0 radical (unpaired) electrons. The van der Waals surface area contributed by atoms with E-state index in [-0.39, 0.29) is 17.9 Å². The molecule has 120 valence electrons. The van der Waals surface area contributed by atoms with Crippen molar-refractivity contribution in [2.45, 2.75) is 6.92 Å². The predicted molar refractivity (Wildman–Crippen MR) is 80.7 cm³/mol. The second-order valence-electron chi connectivity index (χ2n) is 4.31. The molecule has 0 aliphatic rings. The van der Waals surface area contributed by atoms with E-state index in [0.29, 0.717) is 5.69 Å². The van der Waals surface area contributed by atoms with Crippen molar-refractivity contribution in [3.63, 3.8) is 0 Å². The first kappa shape index (κ1) is 16.1. The van der Waals surface area contributed by atoms with E-state index in [4.69, 9.17) is 9.15 Å². The van der Waals surface area contributed by atoms with Gasteiger partial charge in [0.05, 0.1) is 12.9 Å². The summed E-state index contributed by atoms with van der Waals surface area (Å²) in [6, 6.07) is 9.20. The Morgan fingerprint density at radius 2 is 1.87 bits per heavy atom. The molecule has 8 heteroatoms. The Kier molecular flexibility index (Phi) is 5.35. The van der Waals surface area contributed by atoms with Crippen molar-refractivity contribution in [2.24, 2.45) is 0 Å². The Morgan fingerprint density at radius 1 is 1.09 bits per heavy atom. The van der Waals surface area contributed by atoms with Crippen LogP contribution in [0.5, 0.6) is 0 Å². The highest BCUT2D eigenvalue weighted by molar-refractivity contribution is 5.99. The van der Waals surface area contributed by atoms with Crippen molar-refractivity contribution >= 4 is 23.6 Å². The molecule has 3 amide bonds. The molecule has 0 bridgehead atoms. The molecule has 0 saturated heterocycles. The lowest BCUT2D eigenvalue weighted by Gasteiger charge is -2.08. The quantitative estimate of drug-likeness (QED) is 0.746. The number of hydrazine groups is 1. The predicted octanol–water partition coefficient (Wildman–Crippen LogP) is 1.92. The van der Waals surface area contributed by atoms with Crippen LogP contribution in [0.4, 0.5) is 10.5 Å². The number of nitrogens with one attached hydrogen (secondary N) is 3. The first-order valence-corrected chi connectivity index (χ1v) is 6.78. The Labute approximate surface area is 131 Å². The second kappa shape index (κ2) is 7.64. The first-order chi connectivity index (χ1) is 11.1. The van der Waals surface area contributed by atoms with Gasteiger partial charge < -0.3 is 9.15 Å². The molecular weight excluding hydrogens is 302 g/mol. The van der Waals surface area contributed by atoms with E-state index in [9.17, 15) is 14.4 Å². The molecule has 0 aliphatic carbocycles. The number of hydrogen-bond donors (Lipinski definition) is 3. The monoisotopic (exact) mass is 317 g/mol. The van der Waals surface area contributed by atoms with Gasteiger partial charge in [-0.1, -0.05) is 6.07 Å². The molecule has 3 N–H and O–H groups in total. The lowest BCUT2D eigenvalue weighted by atomic mass is 10.2. The molecule has 0 atom stereocenters. The number of carbonyl (C=O) groups is 3. The fourth-order valence-corrected chi connectivity index (χ4v) is 1.68. The van der Waals surface area contributed by atoms with E-state index in [1.165, 1.54) is 24.5 Å². The minimum atomic E-state index is -0.615. The fourth-order valence-electron chi connectivity index (χ4n) is 1.68. The molecule has 1 aromatic carbocycles. The topological polar surface area (TPSA) is 110 Å². The van der Waals surface area contributed by atoms with Crippen LogP contribution in [0.1, 0.15) is 27.8 Å². The minimum absolute atomic E-state index is 0.0722. The van der Waals surface area contributed by atoms with E-state index >= 15 is 0 Å². The van der Waals surface area contributed by atoms with E-state index in [2.05, 4.69) is 16.2 Å². The summed E-state index contributed by atoms with van der Waals surface area (Å²) in [6.45, 7) is 1.93. The van der Waals surface area contributed by atoms with Crippen LogP contribution in [0.2, 0.25) is 0 Å². The average Bonchev–Trinajstić information content (AvgIpc) is 3.07. The standard InChI is InChI=1S/C15H15N3O5/c1-2-22-15(21)16-11-6-3-5-10(9-11)13(19)17-18-14(20)12-7-4-8-23-12/h3-9H,2H2,1H3,(H,16,21)(H,17,19)(H,18,20). The van der Waals surface area contributed by atoms with Gasteiger partial charge in [0.2, 0.25) is 0 Å². The van der Waals surface area contributed by atoms with Crippen molar-refractivity contribution in [1.29, 1.82) is 0 Å². The Morgan fingerprint density at radius 3 is 2.57 bits per heavy atom. The van der Waals surface area contributed by atoms with E-state index in [1.807, 2.05) is 0 Å². The van der Waals surface area contributed by atoms with Crippen LogP contribution in [-0.4, -0.2) is 24.5 Å². The number of anilines is 1. The number of carbonyl (C=O) groups excluding carboxylic acids is 3. The van der Waals surface area contributed by atoms with Gasteiger partial charge in [-0.2, -0.15) is 0 Å². The molecule has 23 heavy (non-hydrogen) atoms. The number of rotatable bonds is 4. The van der Waals surface area contributed by atoms with Crippen LogP contribution in [0, 0.1) is 0 Å². The number of ether oxygens (including phenoxy) is 1. The smallest absolute Gasteiger partial charge is 0.411 e. The molecule has 2 aromatic rings. The van der Waals surface area contributed by atoms with Crippen LogP contribution < -0.4 is 16.2 Å². The van der Waals surface area contributed by atoms with Crippen LogP contribution in [0.3, 0.4) is 0 Å². The van der Waals surface area contributed by atoms with Gasteiger partial charge in [0.25, 0.3) is 5.91 Å². The van der Waals surface area contributed by atoms with Gasteiger partial charge in [-0.3, -0.25) is 25.8 Å². The third-order valence-electron chi connectivity index (χ3n) is 2.68. The lowest BCUT2D eigenvalue weighted by Crippen LogP contribution is -2.41. The second-order valence-corrected chi connectivity index (χ2v) is 4.31. The maximum atomic E-state index is 12.0. The number of furan rings is 1. The summed E-state index contributed by atoms with van der Waals surface area (Å²) in [5, 5.41) is 2.48. The molecule has 0 saturated carbocycles. The Balaban J connectivity index is 1.94. The molecule has 0 fully saturated rings. The molecule has 0 spiro atoms. The number of hydrogen-bond acceptors (Lipinski definition) is 5. The van der Waals surface area contributed by atoms with Crippen molar-refractivity contribution in [1.82, 2.24) is 10.9 Å². The van der Waals surface area contributed by atoms with Crippen molar-refractivity contribution in [2.75, 3.05) is 11.9 Å². The maximum Gasteiger partial charge on any atom is 0.411 e. The largest absolute Gasteiger partial charge is 0.459 e. The highest BCUT2D eigenvalue weighted by Crippen LogP contribution is 2.11. The molecule has 1 heterocycles. The van der Waals surface area contributed by atoms with Crippen molar-refractivity contribution in [3.05, 3.63) is 54.0 Å². The third kappa shape index (κ3) is 4.60. The maximum absolute atomic E-state index is 12.0.